The summed E-state index contributed by atoms with van der Waals surface area (Å²) < 4.78 is 21.4. The molecule has 0 radical (unpaired) electrons. The number of nitrogens with zero attached hydrogens (tertiary/aromatic N) is 9. The molecular formula is C78H39N9O9. The summed E-state index contributed by atoms with van der Waals surface area (Å²) in [5.41, 5.74) is 7.26. The summed E-state index contributed by atoms with van der Waals surface area (Å²) in [5, 5.41) is 9.36. The van der Waals surface area contributed by atoms with Crippen LogP contribution in [0.2, 0.25) is 0 Å². The van der Waals surface area contributed by atoms with E-state index in [0.29, 0.717) is 98.6 Å². The lowest BCUT2D eigenvalue weighted by molar-refractivity contribution is 0.0373. The molecule has 0 saturated carbocycles. The minimum atomic E-state index is -0.726. The van der Waals surface area contributed by atoms with Crippen molar-refractivity contribution in [3.8, 4) is 17.8 Å². The Bertz CT molecular complexity index is 5780. The van der Waals surface area contributed by atoms with Crippen LogP contribution in [0.25, 0.3) is 116 Å². The summed E-state index contributed by atoms with van der Waals surface area (Å²) in [6.07, 6.45) is 0. The molecular weight excluding hydrogens is 1210 g/mol. The van der Waals surface area contributed by atoms with E-state index in [1.54, 1.807) is 72.8 Å². The van der Waals surface area contributed by atoms with Gasteiger partial charge in [0.25, 0.3) is 0 Å². The monoisotopic (exact) mass is 1250 g/mol. The largest absolute Gasteiger partial charge is 0.386 e. The Morgan fingerprint density at radius 1 is 0.229 bits per heavy atom. The molecule has 0 N–H and O–H groups in total. The van der Waals surface area contributed by atoms with E-state index in [4.69, 9.17) is 44.1 Å². The Morgan fingerprint density at radius 2 is 0.438 bits per heavy atom. The maximum atomic E-state index is 13.2. The summed E-state index contributed by atoms with van der Waals surface area (Å²) in [7, 11) is 0. The summed E-state index contributed by atoms with van der Waals surface area (Å²) in [4.78, 5) is 112. The van der Waals surface area contributed by atoms with E-state index in [2.05, 4.69) is 0 Å². The van der Waals surface area contributed by atoms with Gasteiger partial charge in [0.05, 0.1) is 99.6 Å². The first-order valence-corrected chi connectivity index (χ1v) is 30.6. The summed E-state index contributed by atoms with van der Waals surface area (Å²) in [6.45, 7) is 0. The number of carbonyl (C=O) groups is 6. The molecule has 16 aromatic rings. The highest BCUT2D eigenvalue weighted by molar-refractivity contribution is 6.25. The van der Waals surface area contributed by atoms with Crippen molar-refractivity contribution in [3.05, 3.63) is 286 Å². The number of para-hydroxylation sites is 6. The number of hydrogen-bond donors (Lipinski definition) is 0. The zero-order valence-corrected chi connectivity index (χ0v) is 49.7. The number of carbonyl (C=O) groups excluding carboxylic acids is 6. The molecule has 96 heavy (non-hydrogen) atoms. The lowest BCUT2D eigenvalue weighted by Crippen LogP contribution is -2.20. The van der Waals surface area contributed by atoms with Crippen LogP contribution in [0.5, 0.6) is 0 Å². The molecule has 0 amide bonds. The van der Waals surface area contributed by atoms with Crippen molar-refractivity contribution in [2.45, 2.75) is 0 Å². The van der Waals surface area contributed by atoms with Crippen molar-refractivity contribution in [2.75, 3.05) is 0 Å². The minimum absolute atomic E-state index is 0.227. The molecule has 450 valence electrons. The highest BCUT2D eigenvalue weighted by Gasteiger charge is 2.32. The van der Waals surface area contributed by atoms with Crippen molar-refractivity contribution < 1.29 is 43.0 Å². The SMILES string of the molecule is O=C1OC(=O)c2ccc(N=c3c4ccccc4n(-c4nc(-n5c6ccccc6c(=Nc6ccc7c8c(cccc68)C(=O)OC7=O)c6ccccc65)nc(-n5c6ccccc6c(=Nc6ccc7c8c(cccc68)C(=O)OC7=O)c6ccccc65)n4)c4ccccc34)c3cccc1c23. The molecule has 3 aliphatic heterocycles. The fraction of sp³-hybridized carbons (Fsp3) is 0. The average Bonchev–Trinajstić information content (AvgIpc) is 0.742. The second kappa shape index (κ2) is 20.4. The van der Waals surface area contributed by atoms with Crippen molar-refractivity contribution in [2.24, 2.45) is 15.0 Å². The van der Waals surface area contributed by atoms with Crippen LogP contribution in [0.15, 0.2) is 252 Å². The van der Waals surface area contributed by atoms with Gasteiger partial charge < -0.3 is 14.2 Å². The van der Waals surface area contributed by atoms with Crippen LogP contribution >= 0.6 is 0 Å². The number of aromatic nitrogens is 6. The minimum Gasteiger partial charge on any atom is -0.386 e. The van der Waals surface area contributed by atoms with E-state index in [1.807, 2.05) is 177 Å². The molecule has 3 aliphatic rings. The molecule has 18 nitrogen and oxygen atoms in total. The van der Waals surface area contributed by atoms with Crippen LogP contribution in [0.4, 0.5) is 17.1 Å². The fourth-order valence-electron chi connectivity index (χ4n) is 14.1. The predicted molar refractivity (Wildman–Crippen MR) is 360 cm³/mol. The standard InChI is InChI=1S/C78H39N9O9/c88-70-49-25-13-22-40-55(37-34-52(64(40)49)73(91)94-70)79-67-43-16-1-7-28-58(43)85(59-29-8-2-17-44(59)67)76-82-77(86-60-30-9-3-18-45(60)68(46-19-4-10-31-61(46)86)80-56-38-35-53-65-41(56)23-14-26-50(65)71(89)95-74(53)92)84-78(83-76)87-62-32-11-5-20-47(62)69(48-21-6-12-33-63(48)87)81-57-39-36-54-66-42(57)24-15-27-51(66)72(90)96-75(54)93/h1-39H. The summed E-state index contributed by atoms with van der Waals surface area (Å²) in [5.74, 6) is -3.67. The first kappa shape index (κ1) is 54.0. The first-order chi connectivity index (χ1) is 47.1. The van der Waals surface area contributed by atoms with E-state index in [9.17, 15) is 28.8 Å². The first-order valence-electron chi connectivity index (χ1n) is 30.6. The lowest BCUT2D eigenvalue weighted by atomic mass is 9.96. The number of pyridine rings is 3. The second-order valence-corrected chi connectivity index (χ2v) is 23.3. The topological polar surface area (TPSA) is 221 Å². The third-order valence-corrected chi connectivity index (χ3v) is 18.2. The fourth-order valence-corrected chi connectivity index (χ4v) is 14.1. The van der Waals surface area contributed by atoms with Crippen LogP contribution in [0.3, 0.4) is 0 Å². The van der Waals surface area contributed by atoms with Crippen molar-refractivity contribution >= 4 is 151 Å². The highest BCUT2D eigenvalue weighted by atomic mass is 16.6. The number of benzene rings is 12. The van der Waals surface area contributed by atoms with Gasteiger partial charge in [0.2, 0.25) is 17.8 Å². The third kappa shape index (κ3) is 7.86. The van der Waals surface area contributed by atoms with Crippen LogP contribution in [0.1, 0.15) is 62.1 Å². The van der Waals surface area contributed by atoms with Gasteiger partial charge in [-0.15, -0.1) is 0 Å². The Balaban J connectivity index is 0.917. The highest BCUT2D eigenvalue weighted by Crippen LogP contribution is 2.40. The number of rotatable bonds is 6. The van der Waals surface area contributed by atoms with Gasteiger partial charge in [-0.25, -0.2) is 43.7 Å². The predicted octanol–water partition coefficient (Wildman–Crippen LogP) is 14.3. The van der Waals surface area contributed by atoms with E-state index in [1.165, 1.54) is 0 Å². The van der Waals surface area contributed by atoms with Crippen molar-refractivity contribution in [1.29, 1.82) is 0 Å². The Hall–Kier alpha value is -13.7. The molecule has 0 aliphatic carbocycles. The van der Waals surface area contributed by atoms with Gasteiger partial charge in [-0.3, -0.25) is 13.7 Å². The number of cyclic esters (lactones) is 6. The Kier molecular flexibility index (Phi) is 11.5. The molecule has 0 fully saturated rings. The number of ether oxygens (including phenoxy) is 3. The van der Waals surface area contributed by atoms with Gasteiger partial charge in [0.1, 0.15) is 0 Å². The molecule has 0 bridgehead atoms. The van der Waals surface area contributed by atoms with Gasteiger partial charge in [-0.1, -0.05) is 146 Å². The Morgan fingerprint density at radius 3 is 0.677 bits per heavy atom. The van der Waals surface area contributed by atoms with Crippen molar-refractivity contribution in [1.82, 2.24) is 28.7 Å². The van der Waals surface area contributed by atoms with Crippen LogP contribution in [-0.4, -0.2) is 64.5 Å². The maximum Gasteiger partial charge on any atom is 0.346 e. The smallest absolute Gasteiger partial charge is 0.346 e. The molecule has 18 heteroatoms. The molecule has 19 rings (SSSR count). The molecule has 12 aromatic carbocycles. The normalized spacial score (nSPS) is 13.4. The van der Waals surface area contributed by atoms with Crippen molar-refractivity contribution in [3.63, 3.8) is 0 Å². The molecule has 0 saturated heterocycles. The molecule has 0 spiro atoms. The van der Waals surface area contributed by atoms with E-state index >= 15 is 0 Å². The third-order valence-electron chi connectivity index (χ3n) is 18.2. The average molecular weight is 1250 g/mol. The van der Waals surface area contributed by atoms with E-state index in [0.717, 1.165) is 32.3 Å². The van der Waals surface area contributed by atoms with E-state index in [-0.39, 0.29) is 51.2 Å². The van der Waals surface area contributed by atoms with Gasteiger partial charge in [0, 0.05) is 64.6 Å². The zero-order valence-electron chi connectivity index (χ0n) is 49.7. The van der Waals surface area contributed by atoms with Crippen LogP contribution in [-0.2, 0) is 14.2 Å². The quantitative estimate of drug-likeness (QED) is 0.0657. The van der Waals surface area contributed by atoms with Gasteiger partial charge in [0.15, 0.2) is 0 Å². The number of fused-ring (bicyclic) bond motifs is 6. The van der Waals surface area contributed by atoms with Crippen LogP contribution in [0, 0.1) is 0 Å². The van der Waals surface area contributed by atoms with Crippen LogP contribution < -0.4 is 16.1 Å². The summed E-state index contributed by atoms with van der Waals surface area (Å²) >= 11 is 0. The van der Waals surface area contributed by atoms with E-state index < -0.39 is 35.8 Å². The molecule has 0 unspecified atom stereocenters. The number of hydrogen-bond acceptors (Lipinski definition) is 15. The molecule has 4 aromatic heterocycles. The zero-order chi connectivity index (χ0) is 64.2. The second-order valence-electron chi connectivity index (χ2n) is 23.3. The molecule has 0 atom stereocenters. The van der Waals surface area contributed by atoms with Gasteiger partial charge in [-0.2, -0.15) is 15.0 Å². The summed E-state index contributed by atoms with van der Waals surface area (Å²) in [6, 6.07) is 73.1. The van der Waals surface area contributed by atoms with Gasteiger partial charge >= 0.3 is 35.8 Å². The van der Waals surface area contributed by atoms with Gasteiger partial charge in [-0.05, 0) is 91.0 Å². The Labute approximate surface area is 538 Å². The lowest BCUT2D eigenvalue weighted by Gasteiger charge is -2.21. The molecule has 7 heterocycles. The number of esters is 6. The maximum absolute atomic E-state index is 13.2.